The van der Waals surface area contributed by atoms with Gasteiger partial charge in [-0.15, -0.1) is 0 Å². The molecule has 0 radical (unpaired) electrons. The van der Waals surface area contributed by atoms with Gasteiger partial charge in [-0.2, -0.15) is 0 Å². The number of rotatable bonds is 2. The Bertz CT molecular complexity index is 648. The Hall–Kier alpha value is -1.69. The monoisotopic (exact) mass is 367 g/mol. The van der Waals surface area contributed by atoms with Gasteiger partial charge in [0.2, 0.25) is 5.91 Å². The van der Waals surface area contributed by atoms with Crippen molar-refractivity contribution in [3.05, 3.63) is 33.8 Å². The highest BCUT2D eigenvalue weighted by Gasteiger charge is 2.38. The van der Waals surface area contributed by atoms with Crippen LogP contribution in [0.2, 0.25) is 0 Å². The minimum Gasteiger partial charge on any atom is -0.460 e. The van der Waals surface area contributed by atoms with Gasteiger partial charge in [0.1, 0.15) is 5.60 Å². The molecule has 0 N–H and O–H groups in total. The van der Waals surface area contributed by atoms with Crippen molar-refractivity contribution >= 4 is 33.7 Å². The number of imide groups is 1. The summed E-state index contributed by atoms with van der Waals surface area (Å²) in [7, 11) is 1.43. The van der Waals surface area contributed by atoms with Crippen LogP contribution in [-0.2, 0) is 14.3 Å². The molecule has 22 heavy (non-hydrogen) atoms. The number of nitrogens with zero attached hydrogens (tertiary/aromatic N) is 1. The van der Waals surface area contributed by atoms with Crippen molar-refractivity contribution in [2.45, 2.75) is 38.7 Å². The minimum atomic E-state index is -0.704. The zero-order valence-electron chi connectivity index (χ0n) is 13.0. The highest BCUT2D eigenvalue weighted by atomic mass is 79.9. The molecule has 0 saturated heterocycles. The van der Waals surface area contributed by atoms with Gasteiger partial charge in [0.25, 0.3) is 5.91 Å². The van der Waals surface area contributed by atoms with E-state index in [1.807, 2.05) is 0 Å². The van der Waals surface area contributed by atoms with Crippen molar-refractivity contribution in [1.29, 1.82) is 0 Å². The summed E-state index contributed by atoms with van der Waals surface area (Å²) < 4.78 is 6.04. The van der Waals surface area contributed by atoms with Gasteiger partial charge in [0, 0.05) is 17.1 Å². The molecule has 1 heterocycles. The second kappa shape index (κ2) is 5.83. The molecule has 0 aliphatic carbocycles. The molecule has 5 nitrogen and oxygen atoms in total. The van der Waals surface area contributed by atoms with Gasteiger partial charge in [-0.25, -0.2) is 0 Å². The number of hydrogen-bond acceptors (Lipinski definition) is 4. The molecule has 1 aliphatic heterocycles. The Kier molecular flexibility index (Phi) is 4.42. The predicted molar refractivity (Wildman–Crippen MR) is 84.4 cm³/mol. The van der Waals surface area contributed by atoms with E-state index < -0.39 is 17.5 Å². The molecular weight excluding hydrogens is 350 g/mol. The van der Waals surface area contributed by atoms with E-state index in [4.69, 9.17) is 4.74 Å². The summed E-state index contributed by atoms with van der Waals surface area (Å²) in [5.74, 6) is -1.90. The first kappa shape index (κ1) is 16.7. The van der Waals surface area contributed by atoms with E-state index in [0.717, 1.165) is 9.37 Å². The van der Waals surface area contributed by atoms with Crippen molar-refractivity contribution in [2.75, 3.05) is 7.05 Å². The molecule has 1 unspecified atom stereocenters. The molecule has 118 valence electrons. The lowest BCUT2D eigenvalue weighted by Crippen LogP contribution is -2.43. The zero-order chi connectivity index (χ0) is 16.7. The summed E-state index contributed by atoms with van der Waals surface area (Å²) >= 11 is 3.34. The largest absolute Gasteiger partial charge is 0.460 e. The molecule has 0 bridgehead atoms. The van der Waals surface area contributed by atoms with Crippen LogP contribution in [0.5, 0.6) is 0 Å². The Balaban J connectivity index is 2.36. The van der Waals surface area contributed by atoms with Gasteiger partial charge in [-0.3, -0.25) is 19.3 Å². The van der Waals surface area contributed by atoms with Crippen LogP contribution in [0.15, 0.2) is 22.7 Å². The second-order valence-electron chi connectivity index (χ2n) is 6.28. The Morgan fingerprint density at radius 3 is 2.55 bits per heavy atom. The van der Waals surface area contributed by atoms with E-state index in [0.29, 0.717) is 11.1 Å². The van der Waals surface area contributed by atoms with Crippen molar-refractivity contribution < 1.29 is 19.1 Å². The Labute approximate surface area is 137 Å². The summed E-state index contributed by atoms with van der Waals surface area (Å²) in [6.07, 6.45) is -0.0861. The van der Waals surface area contributed by atoms with E-state index in [1.54, 1.807) is 39.0 Å². The summed E-state index contributed by atoms with van der Waals surface area (Å²) in [6.45, 7) is 5.31. The number of amides is 2. The van der Waals surface area contributed by atoms with E-state index in [-0.39, 0.29) is 18.2 Å². The number of carbonyl (C=O) groups excluding carboxylic acids is 3. The fourth-order valence-corrected chi connectivity index (χ4v) is 2.79. The zero-order valence-corrected chi connectivity index (χ0v) is 14.6. The maximum atomic E-state index is 12.4. The summed E-state index contributed by atoms with van der Waals surface area (Å²) in [5, 5.41) is 0. The van der Waals surface area contributed by atoms with Gasteiger partial charge >= 0.3 is 5.97 Å². The van der Waals surface area contributed by atoms with Crippen LogP contribution in [0.25, 0.3) is 0 Å². The summed E-state index contributed by atoms with van der Waals surface area (Å²) in [5.41, 5.74) is 0.392. The van der Waals surface area contributed by atoms with Crippen LogP contribution < -0.4 is 0 Å². The first-order chi connectivity index (χ1) is 10.1. The summed E-state index contributed by atoms with van der Waals surface area (Å²) in [6, 6.07) is 5.12. The van der Waals surface area contributed by atoms with Crippen LogP contribution >= 0.6 is 15.9 Å². The lowest BCUT2D eigenvalue weighted by molar-refractivity contribution is -0.156. The fraction of sp³-hybridized carbons (Fsp3) is 0.438. The second-order valence-corrected chi connectivity index (χ2v) is 7.19. The normalized spacial score (nSPS) is 18.2. The van der Waals surface area contributed by atoms with Crippen LogP contribution in [0, 0.1) is 0 Å². The highest BCUT2D eigenvalue weighted by molar-refractivity contribution is 9.10. The van der Waals surface area contributed by atoms with Crippen LogP contribution in [0.1, 0.15) is 49.0 Å². The van der Waals surface area contributed by atoms with Crippen molar-refractivity contribution in [3.8, 4) is 0 Å². The maximum absolute atomic E-state index is 12.4. The quantitative estimate of drug-likeness (QED) is 0.595. The molecule has 2 rings (SSSR count). The van der Waals surface area contributed by atoms with Crippen LogP contribution in [0.3, 0.4) is 0 Å². The molecule has 1 aliphatic rings. The number of hydrogen-bond donors (Lipinski definition) is 0. The van der Waals surface area contributed by atoms with Crippen LogP contribution in [-0.4, -0.2) is 35.3 Å². The third-order valence-corrected chi connectivity index (χ3v) is 3.84. The molecule has 0 saturated carbocycles. The van der Waals surface area contributed by atoms with Crippen molar-refractivity contribution in [1.82, 2.24) is 4.90 Å². The van der Waals surface area contributed by atoms with Gasteiger partial charge in [-0.05, 0) is 44.5 Å². The van der Waals surface area contributed by atoms with E-state index in [2.05, 4.69) is 15.9 Å². The Morgan fingerprint density at radius 2 is 1.95 bits per heavy atom. The number of carbonyl (C=O) groups is 3. The van der Waals surface area contributed by atoms with Gasteiger partial charge < -0.3 is 4.74 Å². The topological polar surface area (TPSA) is 63.7 Å². The van der Waals surface area contributed by atoms with Crippen molar-refractivity contribution in [3.63, 3.8) is 0 Å². The van der Waals surface area contributed by atoms with Gasteiger partial charge in [-0.1, -0.05) is 15.9 Å². The SMILES string of the molecule is CN1C(=O)c2ccc(Br)cc2C(CC(=O)OC(C)(C)C)C1=O. The molecule has 2 amide bonds. The van der Waals surface area contributed by atoms with Crippen molar-refractivity contribution in [2.24, 2.45) is 0 Å². The lowest BCUT2D eigenvalue weighted by atomic mass is 9.86. The smallest absolute Gasteiger partial charge is 0.307 e. The third-order valence-electron chi connectivity index (χ3n) is 3.34. The van der Waals surface area contributed by atoms with Gasteiger partial charge in [0.05, 0.1) is 12.3 Å². The number of benzene rings is 1. The van der Waals surface area contributed by atoms with Crippen LogP contribution in [0.4, 0.5) is 0 Å². The first-order valence-corrected chi connectivity index (χ1v) is 7.72. The lowest BCUT2D eigenvalue weighted by Gasteiger charge is -2.30. The molecule has 0 aromatic heterocycles. The average Bonchev–Trinajstić information content (AvgIpc) is 2.39. The molecule has 0 fully saturated rings. The molecule has 0 spiro atoms. The number of likely N-dealkylation sites (N-methyl/N-ethyl adjacent to an activating group) is 1. The molecule has 6 heteroatoms. The van der Waals surface area contributed by atoms with E-state index in [1.165, 1.54) is 7.05 Å². The minimum absolute atomic E-state index is 0.0861. The standard InChI is InChI=1S/C16H18BrNO4/c1-16(2,3)22-13(19)8-12-11-7-9(17)5-6-10(11)14(20)18(4)15(12)21/h5-7,12H,8H2,1-4H3. The van der Waals surface area contributed by atoms with Gasteiger partial charge in [0.15, 0.2) is 0 Å². The number of halogens is 1. The fourth-order valence-electron chi connectivity index (χ4n) is 2.41. The summed E-state index contributed by atoms with van der Waals surface area (Å²) in [4.78, 5) is 37.7. The average molecular weight is 368 g/mol. The number of esters is 1. The predicted octanol–water partition coefficient (Wildman–Crippen LogP) is 2.88. The molecule has 1 aromatic rings. The molecular formula is C16H18BrNO4. The number of ether oxygens (including phenoxy) is 1. The molecule has 1 aromatic carbocycles. The van der Waals surface area contributed by atoms with E-state index in [9.17, 15) is 14.4 Å². The number of fused-ring (bicyclic) bond motifs is 1. The maximum Gasteiger partial charge on any atom is 0.307 e. The highest BCUT2D eigenvalue weighted by Crippen LogP contribution is 2.33. The first-order valence-electron chi connectivity index (χ1n) is 6.93. The Morgan fingerprint density at radius 1 is 1.32 bits per heavy atom. The molecule has 1 atom stereocenters. The third kappa shape index (κ3) is 3.38. The van der Waals surface area contributed by atoms with E-state index >= 15 is 0 Å².